The number of methoxy groups -OCH3 is 1. The van der Waals surface area contributed by atoms with Crippen LogP contribution in [0.25, 0.3) is 5.76 Å². The first-order valence-electron chi connectivity index (χ1n) is 15.4. The zero-order chi connectivity index (χ0) is 33.0. The summed E-state index contributed by atoms with van der Waals surface area (Å²) in [5.74, 6) is -2.86. The van der Waals surface area contributed by atoms with Crippen molar-refractivity contribution in [2.24, 2.45) is 11.8 Å². The Labute approximate surface area is 271 Å². The van der Waals surface area contributed by atoms with E-state index < -0.39 is 40.8 Å². The predicted octanol–water partition coefficient (Wildman–Crippen LogP) is 4.68. The molecule has 4 atom stereocenters. The van der Waals surface area contributed by atoms with Gasteiger partial charge in [-0.15, -0.1) is 0 Å². The highest BCUT2D eigenvalue weighted by molar-refractivity contribution is 6.26. The third-order valence-corrected chi connectivity index (χ3v) is 9.52. The molecular formula is C36H35N3O8. The average Bonchev–Trinajstić information content (AvgIpc) is 3.49. The van der Waals surface area contributed by atoms with Crippen LogP contribution in [0.2, 0.25) is 0 Å². The van der Waals surface area contributed by atoms with Gasteiger partial charge in [0.2, 0.25) is 11.6 Å². The van der Waals surface area contributed by atoms with E-state index in [0.717, 1.165) is 11.1 Å². The smallest absolute Gasteiger partial charge is 0.265 e. The summed E-state index contributed by atoms with van der Waals surface area (Å²) in [6, 6.07) is 19.7. The summed E-state index contributed by atoms with van der Waals surface area (Å²) in [6.07, 6.45) is 0.463. The number of aliphatic hydroxyl groups is 2. The molecule has 3 aliphatic rings. The molecule has 0 saturated heterocycles. The molecule has 47 heavy (non-hydrogen) atoms. The Morgan fingerprint density at radius 3 is 2.23 bits per heavy atom. The molecule has 1 aromatic heterocycles. The lowest BCUT2D eigenvalue weighted by molar-refractivity contribution is -0.142. The topological polar surface area (TPSA) is 158 Å². The molecule has 7 rings (SSSR count). The van der Waals surface area contributed by atoms with E-state index in [-0.39, 0.29) is 65.8 Å². The van der Waals surface area contributed by atoms with Crippen molar-refractivity contribution in [2.45, 2.75) is 37.7 Å². The molecule has 1 fully saturated rings. The minimum Gasteiger partial charge on any atom is -0.507 e. The largest absolute Gasteiger partial charge is 0.507 e. The zero-order valence-corrected chi connectivity index (χ0v) is 26.2. The number of ether oxygens (including phenoxy) is 3. The highest BCUT2D eigenvalue weighted by Gasteiger charge is 2.65. The summed E-state index contributed by atoms with van der Waals surface area (Å²) in [6.45, 7) is 0.246. The molecule has 1 saturated carbocycles. The van der Waals surface area contributed by atoms with E-state index in [1.807, 2.05) is 60.7 Å². The fourth-order valence-corrected chi connectivity index (χ4v) is 7.36. The molecular weight excluding hydrogens is 602 g/mol. The highest BCUT2D eigenvalue weighted by Crippen LogP contribution is 2.57. The zero-order valence-electron chi connectivity index (χ0n) is 26.2. The number of fused-ring (bicyclic) bond motifs is 4. The summed E-state index contributed by atoms with van der Waals surface area (Å²) in [5, 5.41) is 28.3. The molecule has 0 spiro atoms. The maximum Gasteiger partial charge on any atom is 0.265 e. The molecule has 242 valence electrons. The van der Waals surface area contributed by atoms with E-state index in [1.54, 1.807) is 25.1 Å². The van der Waals surface area contributed by atoms with Crippen LogP contribution in [0.5, 0.6) is 17.4 Å². The van der Waals surface area contributed by atoms with Gasteiger partial charge in [-0.25, -0.2) is 0 Å². The third-order valence-electron chi connectivity index (χ3n) is 9.52. The second-order valence-corrected chi connectivity index (χ2v) is 12.5. The molecule has 11 heteroatoms. The van der Waals surface area contributed by atoms with Gasteiger partial charge < -0.3 is 34.7 Å². The molecule has 0 bridgehead atoms. The molecule has 4 aromatic rings. The van der Waals surface area contributed by atoms with E-state index in [4.69, 9.17) is 24.5 Å². The van der Waals surface area contributed by atoms with Gasteiger partial charge in [0.15, 0.2) is 17.1 Å². The van der Waals surface area contributed by atoms with Gasteiger partial charge in [0.25, 0.3) is 5.88 Å². The maximum absolute atomic E-state index is 14.6. The molecule has 0 radical (unpaired) electrons. The Hall–Kier alpha value is -5.13. The number of benzene rings is 3. The number of aromatic nitrogens is 1. The molecule has 3 aromatic carbocycles. The summed E-state index contributed by atoms with van der Waals surface area (Å²) < 4.78 is 23.5. The predicted molar refractivity (Wildman–Crippen MR) is 171 cm³/mol. The van der Waals surface area contributed by atoms with Crippen molar-refractivity contribution in [2.75, 3.05) is 26.9 Å². The molecule has 0 amide bonds. The third kappa shape index (κ3) is 4.76. The minimum atomic E-state index is -2.52. The van der Waals surface area contributed by atoms with Crippen LogP contribution >= 0.6 is 0 Å². The Morgan fingerprint density at radius 2 is 1.62 bits per heavy atom. The Kier molecular flexibility index (Phi) is 7.53. The van der Waals surface area contributed by atoms with Crippen molar-refractivity contribution < 1.29 is 38.5 Å². The van der Waals surface area contributed by atoms with Crippen LogP contribution in [-0.4, -0.2) is 58.6 Å². The van der Waals surface area contributed by atoms with Gasteiger partial charge in [-0.2, -0.15) is 0 Å². The van der Waals surface area contributed by atoms with Crippen LogP contribution in [0.15, 0.2) is 76.8 Å². The molecule has 0 unspecified atom stereocenters. The van der Waals surface area contributed by atoms with Gasteiger partial charge in [0.1, 0.15) is 30.3 Å². The SMILES string of the molecule is COc1cc(N)c(OCc2ccccc2)c2c1C[C@H]1C[C@H]3[C@H](N(C)C)c4onc(OCc5ccccc5)c4C(=O)[C@@]3(O)C(=O)C1=C2O. The van der Waals surface area contributed by atoms with Crippen LogP contribution in [0.3, 0.4) is 0 Å². The number of nitrogens with zero attached hydrogens (tertiary/aromatic N) is 2. The number of nitrogens with two attached hydrogens (primary N) is 1. The van der Waals surface area contributed by atoms with Gasteiger partial charge in [-0.05, 0) is 49.1 Å². The normalized spacial score (nSPS) is 23.1. The number of Topliss-reactive ketones (excluding diaryl/α,β-unsaturated/α-hetero) is 2. The standard InChI is InChI=1S/C36H35N3O8/c1-39(2)29-23-15-21-14-22-25(44-3)16-24(37)31(45-17-19-10-6-4-7-11-19)27(22)30(40)26(21)33(41)36(23,43)34(42)28-32(29)47-38-35(28)46-18-20-12-8-5-9-13-20/h4-13,16,21,23,29,40,43H,14-15,17-18,37H2,1-3H3/t21-,23-,29-,36-/m0/s1. The van der Waals surface area contributed by atoms with Gasteiger partial charge in [0, 0.05) is 23.1 Å². The van der Waals surface area contributed by atoms with E-state index in [1.165, 1.54) is 7.11 Å². The van der Waals surface area contributed by atoms with Crippen LogP contribution in [-0.2, 0) is 24.4 Å². The first-order chi connectivity index (χ1) is 22.6. The van der Waals surface area contributed by atoms with Gasteiger partial charge in [-0.3, -0.25) is 14.5 Å². The lowest BCUT2D eigenvalue weighted by Gasteiger charge is -2.49. The van der Waals surface area contributed by atoms with Crippen molar-refractivity contribution in [3.63, 3.8) is 0 Å². The molecule has 3 aliphatic carbocycles. The molecule has 4 N–H and O–H groups in total. The van der Waals surface area contributed by atoms with Crippen LogP contribution in [0.4, 0.5) is 5.69 Å². The van der Waals surface area contributed by atoms with Crippen molar-refractivity contribution in [1.82, 2.24) is 10.1 Å². The van der Waals surface area contributed by atoms with Crippen LogP contribution < -0.4 is 19.9 Å². The van der Waals surface area contributed by atoms with E-state index in [2.05, 4.69) is 5.16 Å². The van der Waals surface area contributed by atoms with E-state index >= 15 is 0 Å². The van der Waals surface area contributed by atoms with E-state index in [9.17, 15) is 19.8 Å². The second-order valence-electron chi connectivity index (χ2n) is 12.5. The number of nitrogen functional groups attached to an aromatic ring is 1. The molecule has 1 heterocycles. The first kappa shape index (κ1) is 30.5. The first-order valence-corrected chi connectivity index (χ1v) is 15.4. The quantitative estimate of drug-likeness (QED) is 0.182. The fourth-order valence-electron chi connectivity index (χ4n) is 7.36. The number of hydrogen-bond donors (Lipinski definition) is 3. The van der Waals surface area contributed by atoms with Crippen molar-refractivity contribution in [1.29, 1.82) is 0 Å². The van der Waals surface area contributed by atoms with E-state index in [0.29, 0.717) is 11.3 Å². The van der Waals surface area contributed by atoms with Gasteiger partial charge in [0.05, 0.1) is 24.4 Å². The Balaban J connectivity index is 1.32. The number of carbonyl (C=O) groups excluding carboxylic acids is 2. The number of ketones is 2. The lowest BCUT2D eigenvalue weighted by Crippen LogP contribution is -2.63. The molecule has 0 aliphatic heterocycles. The van der Waals surface area contributed by atoms with Crippen LogP contribution in [0, 0.1) is 11.8 Å². The summed E-state index contributed by atoms with van der Waals surface area (Å²) in [7, 11) is 5.07. The summed E-state index contributed by atoms with van der Waals surface area (Å²) in [5.41, 5.74) is 6.51. The number of rotatable bonds is 8. The van der Waals surface area contributed by atoms with Crippen molar-refractivity contribution in [3.8, 4) is 17.4 Å². The number of aliphatic hydroxyl groups excluding tert-OH is 1. The fraction of sp³-hybridized carbons (Fsp3) is 0.306. The van der Waals surface area contributed by atoms with Gasteiger partial charge >= 0.3 is 0 Å². The highest BCUT2D eigenvalue weighted by atomic mass is 16.5. The van der Waals surface area contributed by atoms with Crippen molar-refractivity contribution in [3.05, 3.63) is 106 Å². The summed E-state index contributed by atoms with van der Waals surface area (Å²) >= 11 is 0. The number of anilines is 1. The Bertz CT molecular complexity index is 1900. The number of hydrogen-bond acceptors (Lipinski definition) is 11. The molecule has 11 nitrogen and oxygen atoms in total. The van der Waals surface area contributed by atoms with Crippen LogP contribution in [0.1, 0.15) is 50.8 Å². The monoisotopic (exact) mass is 637 g/mol. The summed E-state index contributed by atoms with van der Waals surface area (Å²) in [4.78, 5) is 30.7. The lowest BCUT2D eigenvalue weighted by atomic mass is 9.57. The minimum absolute atomic E-state index is 0.0500. The number of carbonyl (C=O) groups is 2. The van der Waals surface area contributed by atoms with Crippen molar-refractivity contribution >= 4 is 23.0 Å². The maximum atomic E-state index is 14.6. The second kappa shape index (κ2) is 11.6. The van der Waals surface area contributed by atoms with Gasteiger partial charge in [-0.1, -0.05) is 60.7 Å². The average molecular weight is 638 g/mol. The Morgan fingerprint density at radius 1 is 0.979 bits per heavy atom.